The maximum atomic E-state index is 11.7. The number of alkyl carbamates (subject to hydrolysis) is 1. The zero-order valence-electron chi connectivity index (χ0n) is 16.8. The fourth-order valence-electron chi connectivity index (χ4n) is 3.75. The van der Waals surface area contributed by atoms with E-state index in [1.54, 1.807) is 6.07 Å². The molecule has 3 N–H and O–H groups in total. The second-order valence-electron chi connectivity index (χ2n) is 7.37. The van der Waals surface area contributed by atoms with Gasteiger partial charge in [-0.3, -0.25) is 0 Å². The van der Waals surface area contributed by atoms with Crippen LogP contribution in [0.2, 0.25) is 0 Å². The zero-order chi connectivity index (χ0) is 19.8. The fourth-order valence-corrected chi connectivity index (χ4v) is 3.75. The Hall–Kier alpha value is -2.17. The third-order valence-electron chi connectivity index (χ3n) is 5.18. The molecule has 1 aromatic carbocycles. The SMILES string of the molecule is CCCCCc1cc(O)c(C2C=C(C)CCC2)c(O)c1COC(=O)NCC. The van der Waals surface area contributed by atoms with Crippen LogP contribution in [0.5, 0.6) is 11.5 Å². The van der Waals surface area contributed by atoms with E-state index in [-0.39, 0.29) is 24.0 Å². The summed E-state index contributed by atoms with van der Waals surface area (Å²) in [5.41, 5.74) is 3.30. The monoisotopic (exact) mass is 375 g/mol. The summed E-state index contributed by atoms with van der Waals surface area (Å²) in [7, 11) is 0. The van der Waals surface area contributed by atoms with Gasteiger partial charge >= 0.3 is 6.09 Å². The second-order valence-corrected chi connectivity index (χ2v) is 7.37. The van der Waals surface area contributed by atoms with Crippen molar-refractivity contribution in [3.05, 3.63) is 34.4 Å². The molecule has 0 fully saturated rings. The van der Waals surface area contributed by atoms with Gasteiger partial charge in [0.1, 0.15) is 18.1 Å². The molecular formula is C22H33NO4. The molecule has 0 aromatic heterocycles. The van der Waals surface area contributed by atoms with E-state index in [0.717, 1.165) is 50.5 Å². The van der Waals surface area contributed by atoms with Crippen molar-refractivity contribution in [2.45, 2.75) is 78.2 Å². The molecule has 0 spiro atoms. The van der Waals surface area contributed by atoms with Crippen molar-refractivity contribution < 1.29 is 19.7 Å². The molecule has 1 aromatic rings. The number of phenols is 2. The number of carbonyl (C=O) groups is 1. The lowest BCUT2D eigenvalue weighted by atomic mass is 9.83. The highest BCUT2D eigenvalue weighted by Crippen LogP contribution is 2.44. The lowest BCUT2D eigenvalue weighted by Gasteiger charge is -2.24. The van der Waals surface area contributed by atoms with Gasteiger partial charge in [0.05, 0.1) is 0 Å². The molecule has 150 valence electrons. The minimum atomic E-state index is -0.501. The third-order valence-corrected chi connectivity index (χ3v) is 5.18. The number of benzene rings is 1. The molecular weight excluding hydrogens is 342 g/mol. The Bertz CT molecular complexity index is 681. The molecule has 2 rings (SSSR count). The molecule has 5 heteroatoms. The predicted octanol–water partition coefficient (Wildman–Crippen LogP) is 5.29. The van der Waals surface area contributed by atoms with Crippen LogP contribution in [0.1, 0.15) is 81.9 Å². The zero-order valence-corrected chi connectivity index (χ0v) is 16.8. The molecule has 27 heavy (non-hydrogen) atoms. The van der Waals surface area contributed by atoms with Crippen molar-refractivity contribution in [1.82, 2.24) is 5.32 Å². The lowest BCUT2D eigenvalue weighted by molar-refractivity contribution is 0.139. The Labute approximate surface area is 162 Å². The number of unbranched alkanes of at least 4 members (excludes halogenated alkanes) is 2. The van der Waals surface area contributed by atoms with Crippen LogP contribution in [0.4, 0.5) is 4.79 Å². The largest absolute Gasteiger partial charge is 0.507 e. The number of carbonyl (C=O) groups excluding carboxylic acids is 1. The molecule has 0 aliphatic heterocycles. The standard InChI is InChI=1S/C22H33NO4/c1-4-6-7-10-16-13-19(24)20(17-11-8-9-15(3)12-17)21(25)18(16)14-27-22(26)23-5-2/h12-13,17,24-25H,4-11,14H2,1-3H3,(H,23,26). The van der Waals surface area contributed by atoms with Gasteiger partial charge in [0, 0.05) is 23.6 Å². The number of rotatable bonds is 8. The minimum Gasteiger partial charge on any atom is -0.507 e. The summed E-state index contributed by atoms with van der Waals surface area (Å²) >= 11 is 0. The van der Waals surface area contributed by atoms with Crippen LogP contribution in [0, 0.1) is 0 Å². The maximum absolute atomic E-state index is 11.7. The van der Waals surface area contributed by atoms with Crippen molar-refractivity contribution in [2.24, 2.45) is 0 Å². The highest BCUT2D eigenvalue weighted by Gasteiger charge is 2.25. The Kier molecular flexibility index (Phi) is 8.01. The molecule has 0 bridgehead atoms. The average Bonchev–Trinajstić information content (AvgIpc) is 2.61. The highest BCUT2D eigenvalue weighted by molar-refractivity contribution is 5.67. The molecule has 1 aliphatic carbocycles. The van der Waals surface area contributed by atoms with Crippen LogP contribution in [0.3, 0.4) is 0 Å². The predicted molar refractivity (Wildman–Crippen MR) is 107 cm³/mol. The number of nitrogens with one attached hydrogen (secondary N) is 1. The van der Waals surface area contributed by atoms with Crippen LogP contribution >= 0.6 is 0 Å². The van der Waals surface area contributed by atoms with E-state index in [1.807, 2.05) is 6.92 Å². The number of aryl methyl sites for hydroxylation is 1. The summed E-state index contributed by atoms with van der Waals surface area (Å²) in [6.07, 6.45) is 8.48. The molecule has 1 unspecified atom stereocenters. The highest BCUT2D eigenvalue weighted by atomic mass is 16.5. The van der Waals surface area contributed by atoms with Crippen molar-refractivity contribution in [1.29, 1.82) is 0 Å². The Balaban J connectivity index is 2.36. The van der Waals surface area contributed by atoms with E-state index in [1.165, 1.54) is 5.57 Å². The van der Waals surface area contributed by atoms with Crippen molar-refractivity contribution in [3.63, 3.8) is 0 Å². The van der Waals surface area contributed by atoms with Crippen LogP contribution < -0.4 is 5.32 Å². The van der Waals surface area contributed by atoms with E-state index < -0.39 is 6.09 Å². The van der Waals surface area contributed by atoms with Gasteiger partial charge in [-0.2, -0.15) is 0 Å². The number of phenolic OH excluding ortho intramolecular Hbond substituents is 2. The van der Waals surface area contributed by atoms with Crippen LogP contribution in [-0.4, -0.2) is 22.9 Å². The first kappa shape index (κ1) is 21.1. The molecule has 1 atom stereocenters. The van der Waals surface area contributed by atoms with Gasteiger partial charge in [-0.25, -0.2) is 4.79 Å². The normalized spacial score (nSPS) is 16.7. The minimum absolute atomic E-state index is 0.00181. The molecule has 0 radical (unpaired) electrons. The summed E-state index contributed by atoms with van der Waals surface area (Å²) in [6.45, 7) is 6.53. The molecule has 0 saturated carbocycles. The third kappa shape index (κ3) is 5.65. The lowest BCUT2D eigenvalue weighted by Crippen LogP contribution is -2.23. The van der Waals surface area contributed by atoms with E-state index in [0.29, 0.717) is 17.7 Å². The summed E-state index contributed by atoms with van der Waals surface area (Å²) in [4.78, 5) is 11.7. The van der Waals surface area contributed by atoms with Gasteiger partial charge in [0.15, 0.2) is 0 Å². The Morgan fingerprint density at radius 1 is 1.30 bits per heavy atom. The fraction of sp³-hybridized carbons (Fsp3) is 0.591. The molecule has 1 aliphatic rings. The number of allylic oxidation sites excluding steroid dienone is 2. The molecule has 0 heterocycles. The second kappa shape index (κ2) is 10.2. The van der Waals surface area contributed by atoms with Gasteiger partial charge in [-0.05, 0) is 57.6 Å². The number of aromatic hydroxyl groups is 2. The van der Waals surface area contributed by atoms with E-state index in [9.17, 15) is 15.0 Å². The van der Waals surface area contributed by atoms with Gasteiger partial charge < -0.3 is 20.3 Å². The van der Waals surface area contributed by atoms with Gasteiger partial charge in [-0.1, -0.05) is 31.4 Å². The van der Waals surface area contributed by atoms with Crippen LogP contribution in [-0.2, 0) is 17.8 Å². The Morgan fingerprint density at radius 2 is 2.07 bits per heavy atom. The first-order valence-corrected chi connectivity index (χ1v) is 10.1. The molecule has 1 amide bonds. The first-order chi connectivity index (χ1) is 13.0. The van der Waals surface area contributed by atoms with Crippen molar-refractivity contribution in [2.75, 3.05) is 6.54 Å². The number of amides is 1. The Morgan fingerprint density at radius 3 is 2.74 bits per heavy atom. The van der Waals surface area contributed by atoms with Gasteiger partial charge in [0.25, 0.3) is 0 Å². The van der Waals surface area contributed by atoms with E-state index in [4.69, 9.17) is 4.74 Å². The summed E-state index contributed by atoms with van der Waals surface area (Å²) in [6, 6.07) is 1.75. The summed E-state index contributed by atoms with van der Waals surface area (Å²) < 4.78 is 5.29. The molecule has 5 nitrogen and oxygen atoms in total. The van der Waals surface area contributed by atoms with Gasteiger partial charge in [0.2, 0.25) is 0 Å². The van der Waals surface area contributed by atoms with E-state index >= 15 is 0 Å². The summed E-state index contributed by atoms with van der Waals surface area (Å²) in [5, 5.41) is 24.2. The first-order valence-electron chi connectivity index (χ1n) is 10.1. The number of hydrogen-bond acceptors (Lipinski definition) is 4. The maximum Gasteiger partial charge on any atom is 0.407 e. The number of ether oxygens (including phenoxy) is 1. The van der Waals surface area contributed by atoms with Crippen molar-refractivity contribution in [3.8, 4) is 11.5 Å². The van der Waals surface area contributed by atoms with Gasteiger partial charge in [-0.15, -0.1) is 0 Å². The molecule has 0 saturated heterocycles. The van der Waals surface area contributed by atoms with Crippen LogP contribution in [0.15, 0.2) is 17.7 Å². The summed E-state index contributed by atoms with van der Waals surface area (Å²) in [5.74, 6) is 0.199. The average molecular weight is 376 g/mol. The quantitative estimate of drug-likeness (QED) is 0.426. The van der Waals surface area contributed by atoms with Crippen molar-refractivity contribution >= 4 is 6.09 Å². The van der Waals surface area contributed by atoms with E-state index in [2.05, 4.69) is 25.2 Å². The van der Waals surface area contributed by atoms with Crippen LogP contribution in [0.25, 0.3) is 0 Å². The number of hydrogen-bond donors (Lipinski definition) is 3. The topological polar surface area (TPSA) is 78.8 Å². The smallest absolute Gasteiger partial charge is 0.407 e.